The smallest absolute Gasteiger partial charge is 0.319 e. The highest BCUT2D eigenvalue weighted by Crippen LogP contribution is 2.25. The van der Waals surface area contributed by atoms with Gasteiger partial charge in [0.1, 0.15) is 5.60 Å². The molecule has 0 saturated carbocycles. The van der Waals surface area contributed by atoms with Crippen LogP contribution in [0, 0.1) is 0 Å². The van der Waals surface area contributed by atoms with Crippen LogP contribution in [-0.2, 0) is 9.53 Å². The van der Waals surface area contributed by atoms with Crippen molar-refractivity contribution in [3.63, 3.8) is 0 Å². The van der Waals surface area contributed by atoms with Gasteiger partial charge in [-0.3, -0.25) is 4.79 Å². The minimum absolute atomic E-state index is 0. The lowest BCUT2D eigenvalue weighted by atomic mass is 9.91. The third-order valence-corrected chi connectivity index (χ3v) is 3.93. The zero-order valence-corrected chi connectivity index (χ0v) is 14.8. The molecule has 0 radical (unpaired) electrons. The minimum Gasteiger partial charge on any atom is -0.368 e. The van der Waals surface area contributed by atoms with Gasteiger partial charge in [-0.2, -0.15) is 0 Å². The number of hydrogen-bond donors (Lipinski definition) is 4. The summed E-state index contributed by atoms with van der Waals surface area (Å²) in [5, 5.41) is 11.5. The van der Waals surface area contributed by atoms with Gasteiger partial charge in [0.05, 0.1) is 0 Å². The lowest BCUT2D eigenvalue weighted by Gasteiger charge is -2.34. The number of halogens is 1. The number of benzene rings is 1. The summed E-state index contributed by atoms with van der Waals surface area (Å²) in [4.78, 5) is 24.1. The first-order chi connectivity index (χ1) is 11.1. The molecule has 0 atom stereocenters. The number of amides is 3. The maximum Gasteiger partial charge on any atom is 0.319 e. The van der Waals surface area contributed by atoms with Crippen LogP contribution in [0.15, 0.2) is 24.3 Å². The topological polar surface area (TPSA) is 91.5 Å². The van der Waals surface area contributed by atoms with Gasteiger partial charge >= 0.3 is 6.03 Å². The fourth-order valence-electron chi connectivity index (χ4n) is 2.61. The maximum atomic E-state index is 12.6. The van der Waals surface area contributed by atoms with Crippen molar-refractivity contribution in [3.8, 4) is 0 Å². The Kier molecular flexibility index (Phi) is 7.97. The van der Waals surface area contributed by atoms with Crippen molar-refractivity contribution in [2.45, 2.75) is 25.4 Å². The summed E-state index contributed by atoms with van der Waals surface area (Å²) < 4.78 is 5.51. The Bertz CT molecular complexity index is 562. The van der Waals surface area contributed by atoms with Crippen molar-refractivity contribution < 1.29 is 14.3 Å². The molecule has 1 fully saturated rings. The predicted molar refractivity (Wildman–Crippen MR) is 96.9 cm³/mol. The van der Waals surface area contributed by atoms with E-state index in [1.54, 1.807) is 31.4 Å². The lowest BCUT2D eigenvalue weighted by molar-refractivity contribution is -0.140. The van der Waals surface area contributed by atoms with E-state index >= 15 is 0 Å². The zero-order valence-electron chi connectivity index (χ0n) is 14.0. The second-order valence-electron chi connectivity index (χ2n) is 5.47. The van der Waals surface area contributed by atoms with Gasteiger partial charge in [-0.05, 0) is 51.1 Å². The molecule has 4 N–H and O–H groups in total. The molecule has 1 heterocycles. The Morgan fingerprint density at radius 3 is 2.42 bits per heavy atom. The van der Waals surface area contributed by atoms with Crippen LogP contribution >= 0.6 is 12.4 Å². The van der Waals surface area contributed by atoms with E-state index in [2.05, 4.69) is 21.3 Å². The number of ether oxygens (including phenoxy) is 1. The van der Waals surface area contributed by atoms with Crippen LogP contribution in [-0.4, -0.2) is 44.3 Å². The number of anilines is 2. The van der Waals surface area contributed by atoms with E-state index < -0.39 is 5.60 Å². The Hall–Kier alpha value is -1.83. The SMILES string of the molecule is CCNC(=O)Nc1cccc(NC(=O)C2(OC)CCNCC2)c1.Cl. The Labute approximate surface area is 148 Å². The van der Waals surface area contributed by atoms with Crippen molar-refractivity contribution in [3.05, 3.63) is 24.3 Å². The predicted octanol–water partition coefficient (Wildman–Crippen LogP) is 1.96. The van der Waals surface area contributed by atoms with Crippen molar-refractivity contribution >= 4 is 35.7 Å². The Morgan fingerprint density at radius 1 is 1.21 bits per heavy atom. The number of methoxy groups -OCH3 is 1. The van der Waals surface area contributed by atoms with Crippen LogP contribution in [0.1, 0.15) is 19.8 Å². The van der Waals surface area contributed by atoms with Crippen LogP contribution in [0.3, 0.4) is 0 Å². The summed E-state index contributed by atoms with van der Waals surface area (Å²) in [6.45, 7) is 3.90. The molecule has 0 unspecified atom stereocenters. The molecule has 0 bridgehead atoms. The summed E-state index contributed by atoms with van der Waals surface area (Å²) in [5.41, 5.74) is 0.443. The number of piperidine rings is 1. The summed E-state index contributed by atoms with van der Waals surface area (Å²) >= 11 is 0. The highest BCUT2D eigenvalue weighted by Gasteiger charge is 2.39. The second kappa shape index (κ2) is 9.46. The van der Waals surface area contributed by atoms with E-state index in [0.29, 0.717) is 30.8 Å². The van der Waals surface area contributed by atoms with Crippen molar-refractivity contribution in [2.75, 3.05) is 37.4 Å². The maximum absolute atomic E-state index is 12.6. The van der Waals surface area contributed by atoms with Crippen LogP contribution in [0.5, 0.6) is 0 Å². The minimum atomic E-state index is -0.797. The van der Waals surface area contributed by atoms with E-state index in [-0.39, 0.29) is 24.3 Å². The molecule has 1 aliphatic rings. The van der Waals surface area contributed by atoms with Gasteiger partial charge in [0, 0.05) is 25.0 Å². The normalized spacial score (nSPS) is 15.8. The number of carbonyl (C=O) groups excluding carboxylic acids is 2. The first-order valence-corrected chi connectivity index (χ1v) is 7.82. The van der Waals surface area contributed by atoms with E-state index in [1.807, 2.05) is 6.92 Å². The van der Waals surface area contributed by atoms with Crippen LogP contribution < -0.4 is 21.3 Å². The molecule has 1 aliphatic heterocycles. The average molecular weight is 357 g/mol. The van der Waals surface area contributed by atoms with E-state index in [1.165, 1.54) is 0 Å². The highest BCUT2D eigenvalue weighted by atomic mass is 35.5. The molecule has 2 rings (SSSR count). The first kappa shape index (κ1) is 20.2. The van der Waals surface area contributed by atoms with Crippen LogP contribution in [0.2, 0.25) is 0 Å². The number of urea groups is 1. The summed E-state index contributed by atoms with van der Waals surface area (Å²) in [6, 6.07) is 6.77. The second-order valence-corrected chi connectivity index (χ2v) is 5.47. The van der Waals surface area contributed by atoms with Gasteiger partial charge in [-0.1, -0.05) is 6.07 Å². The molecule has 1 aromatic carbocycles. The summed E-state index contributed by atoms with van der Waals surface area (Å²) in [6.07, 6.45) is 1.26. The molecular weight excluding hydrogens is 332 g/mol. The van der Waals surface area contributed by atoms with E-state index in [0.717, 1.165) is 13.1 Å². The summed E-state index contributed by atoms with van der Waals surface area (Å²) in [7, 11) is 1.57. The standard InChI is InChI=1S/C16H24N4O3.ClH/c1-3-18-15(22)20-13-6-4-5-12(11-13)19-14(21)16(23-2)7-9-17-10-8-16;/h4-6,11,17H,3,7-10H2,1-2H3,(H,19,21)(H2,18,20,22);1H. The third kappa shape index (κ3) is 5.09. The Morgan fingerprint density at radius 2 is 1.83 bits per heavy atom. The molecular formula is C16H25ClN4O3. The van der Waals surface area contributed by atoms with E-state index in [9.17, 15) is 9.59 Å². The van der Waals surface area contributed by atoms with Gasteiger partial charge in [0.25, 0.3) is 5.91 Å². The molecule has 0 aliphatic carbocycles. The van der Waals surface area contributed by atoms with Crippen molar-refractivity contribution in [2.24, 2.45) is 0 Å². The molecule has 0 aromatic heterocycles. The van der Waals surface area contributed by atoms with Gasteiger partial charge < -0.3 is 26.0 Å². The van der Waals surface area contributed by atoms with Gasteiger partial charge in [-0.25, -0.2) is 4.79 Å². The third-order valence-electron chi connectivity index (χ3n) is 3.93. The molecule has 134 valence electrons. The van der Waals surface area contributed by atoms with Crippen LogP contribution in [0.25, 0.3) is 0 Å². The highest BCUT2D eigenvalue weighted by molar-refractivity contribution is 5.98. The van der Waals surface area contributed by atoms with Crippen molar-refractivity contribution in [1.29, 1.82) is 0 Å². The molecule has 8 heteroatoms. The van der Waals surface area contributed by atoms with Gasteiger partial charge in [0.15, 0.2) is 0 Å². The number of nitrogens with one attached hydrogen (secondary N) is 4. The van der Waals surface area contributed by atoms with Gasteiger partial charge in [-0.15, -0.1) is 12.4 Å². The zero-order chi connectivity index (χ0) is 16.7. The first-order valence-electron chi connectivity index (χ1n) is 7.82. The fourth-order valence-corrected chi connectivity index (χ4v) is 2.61. The molecule has 24 heavy (non-hydrogen) atoms. The van der Waals surface area contributed by atoms with E-state index in [4.69, 9.17) is 4.74 Å². The molecule has 7 nitrogen and oxygen atoms in total. The van der Waals surface area contributed by atoms with Crippen LogP contribution in [0.4, 0.5) is 16.2 Å². The molecule has 0 spiro atoms. The monoisotopic (exact) mass is 356 g/mol. The summed E-state index contributed by atoms with van der Waals surface area (Å²) in [5.74, 6) is -0.156. The van der Waals surface area contributed by atoms with Gasteiger partial charge in [0.2, 0.25) is 0 Å². The Balaban J connectivity index is 0.00000288. The largest absolute Gasteiger partial charge is 0.368 e. The number of carbonyl (C=O) groups is 2. The quantitative estimate of drug-likeness (QED) is 0.649. The number of hydrogen-bond acceptors (Lipinski definition) is 4. The molecule has 3 amide bonds. The van der Waals surface area contributed by atoms with Crippen molar-refractivity contribution in [1.82, 2.24) is 10.6 Å². The lowest BCUT2D eigenvalue weighted by Crippen LogP contribution is -2.51. The molecule has 1 saturated heterocycles. The average Bonchev–Trinajstić information content (AvgIpc) is 2.56. The molecule has 1 aromatic rings. The fraction of sp³-hybridized carbons (Fsp3) is 0.500. The number of rotatable bonds is 5.